The Hall–Kier alpha value is -2.14. The van der Waals surface area contributed by atoms with Gasteiger partial charge in [-0.2, -0.15) is 0 Å². The minimum absolute atomic E-state index is 0.0885. The minimum atomic E-state index is -0.261. The molecule has 4 nitrogen and oxygen atoms in total. The first kappa shape index (κ1) is 15.4. The molecule has 1 aliphatic carbocycles. The molecule has 0 saturated carbocycles. The molecule has 0 fully saturated rings. The Morgan fingerprint density at radius 3 is 2.88 bits per heavy atom. The van der Waals surface area contributed by atoms with Gasteiger partial charge in [0.25, 0.3) is 5.69 Å². The molecule has 0 saturated heterocycles. The molecule has 5 heteroatoms. The molecule has 1 heterocycles. The number of nitro groups is 1. The van der Waals surface area contributed by atoms with Crippen LogP contribution < -0.4 is 5.32 Å². The molecule has 0 amide bonds. The molecule has 0 aromatic heterocycles. The first-order valence-electron chi connectivity index (χ1n) is 8.03. The summed E-state index contributed by atoms with van der Waals surface area (Å²) in [6, 6.07) is 11.9. The molecule has 0 spiro atoms. The van der Waals surface area contributed by atoms with Crippen LogP contribution in [0.15, 0.2) is 53.0 Å². The molecule has 1 aliphatic heterocycles. The van der Waals surface area contributed by atoms with Gasteiger partial charge in [0.15, 0.2) is 0 Å². The van der Waals surface area contributed by atoms with E-state index >= 15 is 0 Å². The van der Waals surface area contributed by atoms with Gasteiger partial charge in [0.1, 0.15) is 0 Å². The number of allylic oxidation sites excluding steroid dienone is 2. The molecule has 0 radical (unpaired) electrons. The van der Waals surface area contributed by atoms with Crippen molar-refractivity contribution >= 4 is 27.3 Å². The average molecular weight is 385 g/mol. The first-order valence-corrected chi connectivity index (χ1v) is 8.82. The lowest BCUT2D eigenvalue weighted by Crippen LogP contribution is -2.30. The number of halogens is 1. The highest BCUT2D eigenvalue weighted by atomic mass is 79.9. The molecular weight excluding hydrogens is 368 g/mol. The van der Waals surface area contributed by atoms with E-state index in [1.165, 1.54) is 5.56 Å². The Labute approximate surface area is 148 Å². The number of aryl methyl sites for hydroxylation is 1. The van der Waals surface area contributed by atoms with Crippen LogP contribution in [-0.2, 0) is 0 Å². The lowest BCUT2D eigenvalue weighted by atomic mass is 9.76. The van der Waals surface area contributed by atoms with Crippen LogP contribution in [0.3, 0.4) is 0 Å². The predicted octanol–water partition coefficient (Wildman–Crippen LogP) is 5.49. The third-order valence-electron chi connectivity index (χ3n) is 5.11. The molecule has 0 unspecified atom stereocenters. The van der Waals surface area contributed by atoms with E-state index in [2.05, 4.69) is 45.5 Å². The standard InChI is InChI=1S/C19H17BrN2O2/c1-11-8-9-16(22(23)24)17-14-6-3-7-15(14)19(21-18(11)17)12-4-2-5-13(20)10-12/h2-6,8-10,14-15,19,21H,7H2,1H3/t14-,15+,19+/m1/s1. The first-order chi connectivity index (χ1) is 11.6. The van der Waals surface area contributed by atoms with Crippen LogP contribution >= 0.6 is 15.9 Å². The van der Waals surface area contributed by atoms with E-state index < -0.39 is 0 Å². The van der Waals surface area contributed by atoms with Crippen LogP contribution in [0, 0.1) is 23.0 Å². The number of nitro benzene ring substituents is 1. The van der Waals surface area contributed by atoms with Gasteiger partial charge in [-0.3, -0.25) is 10.1 Å². The molecule has 1 N–H and O–H groups in total. The maximum atomic E-state index is 11.5. The van der Waals surface area contributed by atoms with Crippen molar-refractivity contribution in [1.82, 2.24) is 0 Å². The SMILES string of the molecule is Cc1ccc([N+](=O)[O-])c2c1N[C@@H](c1cccc(Br)c1)[C@H]1CC=C[C@@H]21. The summed E-state index contributed by atoms with van der Waals surface area (Å²) in [5.41, 5.74) is 4.23. The highest BCUT2D eigenvalue weighted by Crippen LogP contribution is 2.53. The Morgan fingerprint density at radius 1 is 1.29 bits per heavy atom. The Bertz CT molecular complexity index is 862. The quantitative estimate of drug-likeness (QED) is 0.422. The van der Waals surface area contributed by atoms with Crippen molar-refractivity contribution in [2.45, 2.75) is 25.3 Å². The summed E-state index contributed by atoms with van der Waals surface area (Å²) in [6.45, 7) is 2.01. The van der Waals surface area contributed by atoms with Gasteiger partial charge in [0, 0.05) is 22.1 Å². The molecule has 2 aromatic rings. The molecule has 122 valence electrons. The lowest BCUT2D eigenvalue weighted by molar-refractivity contribution is -0.385. The van der Waals surface area contributed by atoms with Gasteiger partial charge in [-0.25, -0.2) is 0 Å². The highest BCUT2D eigenvalue weighted by Gasteiger charge is 2.42. The van der Waals surface area contributed by atoms with E-state index in [0.29, 0.717) is 5.92 Å². The summed E-state index contributed by atoms with van der Waals surface area (Å²) in [5, 5.41) is 15.1. The predicted molar refractivity (Wildman–Crippen MR) is 98.3 cm³/mol. The van der Waals surface area contributed by atoms with Crippen molar-refractivity contribution in [3.05, 3.63) is 79.8 Å². The summed E-state index contributed by atoms with van der Waals surface area (Å²) in [7, 11) is 0. The van der Waals surface area contributed by atoms with E-state index in [1.807, 2.05) is 25.1 Å². The Balaban J connectivity index is 1.88. The van der Waals surface area contributed by atoms with Crippen molar-refractivity contribution in [3.8, 4) is 0 Å². The van der Waals surface area contributed by atoms with Gasteiger partial charge in [-0.05, 0) is 42.5 Å². The van der Waals surface area contributed by atoms with Gasteiger partial charge >= 0.3 is 0 Å². The summed E-state index contributed by atoms with van der Waals surface area (Å²) in [6.07, 6.45) is 5.23. The summed E-state index contributed by atoms with van der Waals surface area (Å²) in [5.74, 6) is 0.387. The second-order valence-electron chi connectivity index (χ2n) is 6.48. The number of nitrogens with one attached hydrogen (secondary N) is 1. The van der Waals surface area contributed by atoms with Crippen LogP contribution in [0.4, 0.5) is 11.4 Å². The maximum absolute atomic E-state index is 11.5. The summed E-state index contributed by atoms with van der Waals surface area (Å²) < 4.78 is 1.05. The van der Waals surface area contributed by atoms with Crippen LogP contribution in [-0.4, -0.2) is 4.92 Å². The molecule has 2 aromatic carbocycles. The molecule has 2 aliphatic rings. The van der Waals surface area contributed by atoms with Gasteiger partial charge in [0.2, 0.25) is 0 Å². The van der Waals surface area contributed by atoms with E-state index in [9.17, 15) is 10.1 Å². The third kappa shape index (κ3) is 2.35. The fraction of sp³-hybridized carbons (Fsp3) is 0.263. The molecule has 3 atom stereocenters. The monoisotopic (exact) mass is 384 g/mol. The number of anilines is 1. The normalized spacial score (nSPS) is 24.2. The molecule has 4 rings (SSSR count). The lowest BCUT2D eigenvalue weighted by Gasteiger charge is -2.38. The molecule has 24 heavy (non-hydrogen) atoms. The van der Waals surface area contributed by atoms with Crippen LogP contribution in [0.1, 0.15) is 35.1 Å². The van der Waals surface area contributed by atoms with Crippen molar-refractivity contribution in [2.24, 2.45) is 5.92 Å². The number of nitrogens with zero attached hydrogens (tertiary/aromatic N) is 1. The third-order valence-corrected chi connectivity index (χ3v) is 5.60. The zero-order chi connectivity index (χ0) is 16.8. The van der Waals surface area contributed by atoms with E-state index in [0.717, 1.165) is 27.7 Å². The number of rotatable bonds is 2. The Kier molecular flexibility index (Phi) is 3.68. The number of benzene rings is 2. The molecule has 0 bridgehead atoms. The van der Waals surface area contributed by atoms with Gasteiger partial charge in [0.05, 0.1) is 16.5 Å². The highest BCUT2D eigenvalue weighted by molar-refractivity contribution is 9.10. The Morgan fingerprint density at radius 2 is 2.12 bits per heavy atom. The smallest absolute Gasteiger partial charge is 0.275 e. The number of hydrogen-bond donors (Lipinski definition) is 1. The second-order valence-corrected chi connectivity index (χ2v) is 7.39. The van der Waals surface area contributed by atoms with Crippen LogP contribution in [0.5, 0.6) is 0 Å². The summed E-state index contributed by atoms with van der Waals surface area (Å²) in [4.78, 5) is 11.3. The average Bonchev–Trinajstić information content (AvgIpc) is 3.04. The fourth-order valence-electron chi connectivity index (χ4n) is 4.02. The zero-order valence-corrected chi connectivity index (χ0v) is 14.8. The van der Waals surface area contributed by atoms with Gasteiger partial charge < -0.3 is 5.32 Å². The second kappa shape index (κ2) is 5.74. The van der Waals surface area contributed by atoms with Crippen molar-refractivity contribution in [1.29, 1.82) is 0 Å². The molecular formula is C19H17BrN2O2. The van der Waals surface area contributed by atoms with Crippen molar-refractivity contribution in [2.75, 3.05) is 5.32 Å². The fourth-order valence-corrected chi connectivity index (χ4v) is 4.44. The van der Waals surface area contributed by atoms with E-state index in [4.69, 9.17) is 0 Å². The van der Waals surface area contributed by atoms with Crippen molar-refractivity contribution in [3.63, 3.8) is 0 Å². The summed E-state index contributed by atoms with van der Waals surface area (Å²) >= 11 is 3.55. The topological polar surface area (TPSA) is 55.2 Å². The van der Waals surface area contributed by atoms with Crippen LogP contribution in [0.25, 0.3) is 0 Å². The van der Waals surface area contributed by atoms with E-state index in [1.54, 1.807) is 6.07 Å². The maximum Gasteiger partial charge on any atom is 0.275 e. The van der Waals surface area contributed by atoms with Crippen molar-refractivity contribution < 1.29 is 4.92 Å². The largest absolute Gasteiger partial charge is 0.377 e. The van der Waals surface area contributed by atoms with Gasteiger partial charge in [-0.1, -0.05) is 46.3 Å². The van der Waals surface area contributed by atoms with Gasteiger partial charge in [-0.15, -0.1) is 0 Å². The zero-order valence-electron chi connectivity index (χ0n) is 13.2. The number of fused-ring (bicyclic) bond motifs is 3. The van der Waals surface area contributed by atoms with Crippen LogP contribution in [0.2, 0.25) is 0 Å². The van der Waals surface area contributed by atoms with E-state index in [-0.39, 0.29) is 22.6 Å². The number of hydrogen-bond acceptors (Lipinski definition) is 3. The minimum Gasteiger partial charge on any atom is -0.377 e.